The number of nitrogens with zero attached hydrogens (tertiary/aromatic N) is 5. The third-order valence-electron chi connectivity index (χ3n) is 6.03. The molecule has 39 heavy (non-hydrogen) atoms. The van der Waals surface area contributed by atoms with E-state index >= 15 is 0 Å². The predicted molar refractivity (Wildman–Crippen MR) is 152 cm³/mol. The second-order valence-corrected chi connectivity index (χ2v) is 10.8. The van der Waals surface area contributed by atoms with E-state index in [2.05, 4.69) is 21.4 Å². The van der Waals surface area contributed by atoms with E-state index in [1.165, 1.54) is 16.6 Å². The number of aryl methyl sites for hydroxylation is 4. The average molecular weight is 535 g/mol. The molecule has 1 heterocycles. The molecule has 8 nitrogen and oxygen atoms in total. The third kappa shape index (κ3) is 5.80. The summed E-state index contributed by atoms with van der Waals surface area (Å²) >= 11 is 0. The Morgan fingerprint density at radius 1 is 0.897 bits per heavy atom. The first-order chi connectivity index (χ1) is 18.6. The van der Waals surface area contributed by atoms with Gasteiger partial charge < -0.3 is 5.32 Å². The summed E-state index contributed by atoms with van der Waals surface area (Å²) in [5, 5.41) is 21.1. The number of benzene rings is 3. The average Bonchev–Trinajstić information content (AvgIpc) is 2.89. The molecule has 0 aliphatic carbocycles. The summed E-state index contributed by atoms with van der Waals surface area (Å²) in [4.78, 5) is 9.03. The number of nitrogens with one attached hydrogen (secondary N) is 1. The lowest BCUT2D eigenvalue weighted by atomic mass is 10.0. The van der Waals surface area contributed by atoms with Gasteiger partial charge in [-0.1, -0.05) is 17.7 Å². The number of rotatable bonds is 7. The van der Waals surface area contributed by atoms with Crippen LogP contribution in [0.4, 0.5) is 23.1 Å². The fourth-order valence-corrected chi connectivity index (χ4v) is 6.14. The maximum atomic E-state index is 14.3. The van der Waals surface area contributed by atoms with E-state index in [1.807, 2.05) is 45.0 Å². The van der Waals surface area contributed by atoms with E-state index < -0.39 is 10.0 Å². The van der Waals surface area contributed by atoms with Crippen molar-refractivity contribution in [1.29, 1.82) is 10.5 Å². The molecule has 0 radical (unpaired) electrons. The van der Waals surface area contributed by atoms with Crippen molar-refractivity contribution in [1.82, 2.24) is 9.97 Å². The van der Waals surface area contributed by atoms with E-state index in [9.17, 15) is 8.42 Å². The maximum absolute atomic E-state index is 14.3. The summed E-state index contributed by atoms with van der Waals surface area (Å²) in [5.41, 5.74) is 5.37. The highest BCUT2D eigenvalue weighted by molar-refractivity contribution is 7.93. The van der Waals surface area contributed by atoms with Gasteiger partial charge in [0.2, 0.25) is 5.95 Å². The van der Waals surface area contributed by atoms with E-state index in [4.69, 9.17) is 10.5 Å². The van der Waals surface area contributed by atoms with Crippen molar-refractivity contribution in [3.05, 3.63) is 106 Å². The summed E-state index contributed by atoms with van der Waals surface area (Å²) in [6.45, 7) is 7.33. The molecular weight excluding hydrogens is 508 g/mol. The Balaban J connectivity index is 1.89. The van der Waals surface area contributed by atoms with Gasteiger partial charge in [-0.3, -0.25) is 0 Å². The number of sulfonamides is 1. The molecule has 0 saturated carbocycles. The van der Waals surface area contributed by atoms with Crippen molar-refractivity contribution >= 4 is 39.2 Å². The second-order valence-electron chi connectivity index (χ2n) is 9.06. The Morgan fingerprint density at radius 3 is 2.21 bits per heavy atom. The number of hydrogen-bond acceptors (Lipinski definition) is 7. The van der Waals surface area contributed by atoms with Gasteiger partial charge in [-0.15, -0.1) is 0 Å². The highest BCUT2D eigenvalue weighted by atomic mass is 32.2. The van der Waals surface area contributed by atoms with Gasteiger partial charge >= 0.3 is 0 Å². The van der Waals surface area contributed by atoms with Crippen molar-refractivity contribution in [2.75, 3.05) is 9.62 Å². The highest BCUT2D eigenvalue weighted by Gasteiger charge is 2.32. The van der Waals surface area contributed by atoms with Crippen LogP contribution in [-0.2, 0) is 10.0 Å². The zero-order valence-electron chi connectivity index (χ0n) is 22.0. The molecular formula is C30H26N6O2S. The zero-order valence-corrected chi connectivity index (χ0v) is 22.8. The fourth-order valence-electron chi connectivity index (χ4n) is 4.36. The number of aromatic nitrogens is 2. The minimum atomic E-state index is -4.12. The molecule has 0 saturated heterocycles. The van der Waals surface area contributed by atoms with E-state index in [-0.39, 0.29) is 16.7 Å². The lowest BCUT2D eigenvalue weighted by Gasteiger charge is -2.28. The van der Waals surface area contributed by atoms with Gasteiger partial charge in [0, 0.05) is 24.0 Å². The van der Waals surface area contributed by atoms with Crippen LogP contribution in [0.1, 0.15) is 33.4 Å². The van der Waals surface area contributed by atoms with Gasteiger partial charge in [-0.05, 0) is 98.5 Å². The molecule has 3 aromatic carbocycles. The summed E-state index contributed by atoms with van der Waals surface area (Å²) in [7, 11) is -4.12. The number of nitriles is 2. The highest BCUT2D eigenvalue weighted by Crippen LogP contribution is 2.38. The first kappa shape index (κ1) is 27.1. The molecule has 0 spiro atoms. The Labute approximate surface area is 228 Å². The van der Waals surface area contributed by atoms with Crippen LogP contribution in [-0.4, -0.2) is 18.4 Å². The molecule has 9 heteroatoms. The number of anilines is 4. The van der Waals surface area contributed by atoms with Crippen molar-refractivity contribution in [2.24, 2.45) is 0 Å². The van der Waals surface area contributed by atoms with Gasteiger partial charge in [0.15, 0.2) is 5.82 Å². The molecule has 4 rings (SSSR count). The van der Waals surface area contributed by atoms with Gasteiger partial charge in [-0.2, -0.15) is 15.5 Å². The fraction of sp³-hybridized carbons (Fsp3) is 0.133. The lowest BCUT2D eigenvalue weighted by molar-refractivity contribution is 0.595. The maximum Gasteiger partial charge on any atom is 0.270 e. The number of hydrogen-bond donors (Lipinski definition) is 1. The van der Waals surface area contributed by atoms with Crippen LogP contribution >= 0.6 is 0 Å². The molecule has 0 fully saturated rings. The van der Waals surface area contributed by atoms with E-state index in [1.54, 1.807) is 55.5 Å². The standard InChI is InChI=1S/C30H26N6O2S/c1-20-7-12-27(21(2)16-20)39(37,38)36(29-22(3)17-25(6-5-14-31)18-23(29)4)28-13-15-33-30(35-28)34-26-10-8-24(19-32)9-11-26/h5-13,15-18H,1-4H3,(H,33,34,35)/b6-5+. The minimum absolute atomic E-state index is 0.160. The quantitative estimate of drug-likeness (QED) is 0.273. The van der Waals surface area contributed by atoms with Crippen molar-refractivity contribution in [3.63, 3.8) is 0 Å². The largest absolute Gasteiger partial charge is 0.324 e. The third-order valence-corrected chi connectivity index (χ3v) is 7.90. The topological polar surface area (TPSA) is 123 Å². The van der Waals surface area contributed by atoms with Crippen LogP contribution in [0.2, 0.25) is 0 Å². The van der Waals surface area contributed by atoms with Crippen LogP contribution < -0.4 is 9.62 Å². The molecule has 0 aliphatic heterocycles. The lowest BCUT2D eigenvalue weighted by Crippen LogP contribution is -2.29. The van der Waals surface area contributed by atoms with Crippen LogP contribution in [0.15, 0.2) is 77.8 Å². The van der Waals surface area contributed by atoms with Crippen LogP contribution in [0, 0.1) is 50.4 Å². The second kappa shape index (κ2) is 11.2. The molecule has 0 unspecified atom stereocenters. The zero-order chi connectivity index (χ0) is 28.2. The molecule has 1 N–H and O–H groups in total. The molecule has 194 valence electrons. The first-order valence-electron chi connectivity index (χ1n) is 12.0. The normalized spacial score (nSPS) is 11.1. The van der Waals surface area contributed by atoms with Crippen LogP contribution in [0.3, 0.4) is 0 Å². The Bertz CT molecular complexity index is 1740. The summed E-state index contributed by atoms with van der Waals surface area (Å²) in [6.07, 6.45) is 4.55. The summed E-state index contributed by atoms with van der Waals surface area (Å²) in [6, 6.07) is 21.3. The van der Waals surface area contributed by atoms with Gasteiger partial charge in [0.1, 0.15) is 0 Å². The minimum Gasteiger partial charge on any atom is -0.324 e. The molecule has 1 aromatic heterocycles. The van der Waals surface area contributed by atoms with Crippen molar-refractivity contribution in [2.45, 2.75) is 32.6 Å². The van der Waals surface area contributed by atoms with E-state index in [0.717, 1.165) is 11.1 Å². The van der Waals surface area contributed by atoms with Crippen molar-refractivity contribution in [3.8, 4) is 12.1 Å². The van der Waals surface area contributed by atoms with Gasteiger partial charge in [0.05, 0.1) is 28.3 Å². The summed E-state index contributed by atoms with van der Waals surface area (Å²) in [5.74, 6) is 0.356. The SMILES string of the molecule is Cc1ccc(S(=O)(=O)N(c2ccnc(Nc3ccc(C#N)cc3)n2)c2c(C)cc(/C=C/C#N)cc2C)c(C)c1. The molecule has 4 aromatic rings. The van der Waals surface area contributed by atoms with Gasteiger partial charge in [-0.25, -0.2) is 17.7 Å². The molecule has 0 aliphatic rings. The number of allylic oxidation sites excluding steroid dienone is 1. The molecule has 0 bridgehead atoms. The van der Waals surface area contributed by atoms with Crippen LogP contribution in [0.25, 0.3) is 6.08 Å². The summed E-state index contributed by atoms with van der Waals surface area (Å²) < 4.78 is 29.9. The predicted octanol–water partition coefficient (Wildman–Crippen LogP) is 6.39. The Hall–Kier alpha value is -4.99. The van der Waals surface area contributed by atoms with Crippen molar-refractivity contribution < 1.29 is 8.42 Å². The first-order valence-corrected chi connectivity index (χ1v) is 13.5. The smallest absolute Gasteiger partial charge is 0.270 e. The monoisotopic (exact) mass is 534 g/mol. The van der Waals surface area contributed by atoms with E-state index in [0.29, 0.717) is 33.6 Å². The van der Waals surface area contributed by atoms with Gasteiger partial charge in [0.25, 0.3) is 10.0 Å². The van der Waals surface area contributed by atoms with Crippen LogP contribution in [0.5, 0.6) is 0 Å². The Morgan fingerprint density at radius 2 is 1.59 bits per heavy atom. The molecule has 0 amide bonds. The Kier molecular flexibility index (Phi) is 7.75. The molecule has 0 atom stereocenters.